The molecule has 3 heteroatoms. The van der Waals surface area contributed by atoms with Crippen molar-refractivity contribution >= 4 is 6.03 Å². The molecule has 0 aromatic rings. The molecule has 0 atom stereocenters. The van der Waals surface area contributed by atoms with Crippen molar-refractivity contribution in [1.29, 1.82) is 0 Å². The van der Waals surface area contributed by atoms with Crippen LogP contribution in [0.1, 0.15) is 25.7 Å². The van der Waals surface area contributed by atoms with Crippen LogP contribution in [0.2, 0.25) is 0 Å². The lowest BCUT2D eigenvalue weighted by Gasteiger charge is -2.48. The van der Waals surface area contributed by atoms with Gasteiger partial charge in [0.05, 0.1) is 0 Å². The molecule has 74 valence electrons. The van der Waals surface area contributed by atoms with E-state index >= 15 is 0 Å². The first-order valence-electron chi connectivity index (χ1n) is 5.09. The third-order valence-electron chi connectivity index (χ3n) is 3.37. The zero-order valence-electron chi connectivity index (χ0n) is 8.55. The molecular weight excluding hydrogens is 164 g/mol. The number of likely N-dealkylation sites (tertiary alicyclic amines) is 1. The molecule has 0 bridgehead atoms. The Morgan fingerprint density at radius 3 is 2.23 bits per heavy atom. The molecule has 0 N–H and O–H groups in total. The molecule has 13 heavy (non-hydrogen) atoms. The van der Waals surface area contributed by atoms with Gasteiger partial charge in [0.15, 0.2) is 0 Å². The first-order valence-corrected chi connectivity index (χ1v) is 5.09. The van der Waals surface area contributed by atoms with Crippen LogP contribution < -0.4 is 0 Å². The van der Waals surface area contributed by atoms with Crippen molar-refractivity contribution in [3.63, 3.8) is 0 Å². The Labute approximate surface area is 79.7 Å². The largest absolute Gasteiger partial charge is 0.331 e. The molecule has 2 fully saturated rings. The Kier molecular flexibility index (Phi) is 1.97. The van der Waals surface area contributed by atoms with Gasteiger partial charge in [0.2, 0.25) is 0 Å². The zero-order chi connectivity index (χ0) is 9.47. The van der Waals surface area contributed by atoms with Crippen LogP contribution in [0.3, 0.4) is 0 Å². The number of urea groups is 1. The zero-order valence-corrected chi connectivity index (χ0v) is 8.55. The van der Waals surface area contributed by atoms with Crippen LogP contribution in [0.5, 0.6) is 0 Å². The van der Waals surface area contributed by atoms with E-state index in [4.69, 9.17) is 0 Å². The fraction of sp³-hybridized carbons (Fsp3) is 0.900. The van der Waals surface area contributed by atoms with Crippen LogP contribution in [0.25, 0.3) is 0 Å². The highest BCUT2D eigenvalue weighted by molar-refractivity contribution is 5.75. The average molecular weight is 182 g/mol. The quantitative estimate of drug-likeness (QED) is 0.557. The van der Waals surface area contributed by atoms with Gasteiger partial charge in [0, 0.05) is 32.6 Å². The van der Waals surface area contributed by atoms with Crippen molar-refractivity contribution in [3.8, 4) is 0 Å². The number of amides is 2. The average Bonchev–Trinajstić information content (AvgIpc) is 2.47. The third kappa shape index (κ3) is 1.40. The highest BCUT2D eigenvalue weighted by atomic mass is 16.2. The van der Waals surface area contributed by atoms with Gasteiger partial charge in [-0.15, -0.1) is 0 Å². The predicted octanol–water partition coefficient (Wildman–Crippen LogP) is 1.54. The van der Waals surface area contributed by atoms with Gasteiger partial charge in [-0.1, -0.05) is 12.8 Å². The third-order valence-corrected chi connectivity index (χ3v) is 3.37. The maximum Gasteiger partial charge on any atom is 0.319 e. The second kappa shape index (κ2) is 2.89. The van der Waals surface area contributed by atoms with Crippen LogP contribution in [-0.2, 0) is 0 Å². The minimum absolute atomic E-state index is 0.178. The van der Waals surface area contributed by atoms with Gasteiger partial charge in [0.1, 0.15) is 0 Å². The topological polar surface area (TPSA) is 23.6 Å². The minimum Gasteiger partial charge on any atom is -0.331 e. The summed E-state index contributed by atoms with van der Waals surface area (Å²) in [7, 11) is 3.64. The standard InChI is InChI=1S/C10H18N2O/c1-11(2)9(13)12-7-10(8-12)5-3-4-6-10/h3-8H2,1-2H3. The van der Waals surface area contributed by atoms with Gasteiger partial charge < -0.3 is 9.80 Å². The number of hydrogen-bond acceptors (Lipinski definition) is 1. The maximum absolute atomic E-state index is 11.5. The molecule has 1 spiro atoms. The van der Waals surface area contributed by atoms with Crippen LogP contribution >= 0.6 is 0 Å². The van der Waals surface area contributed by atoms with Crippen LogP contribution in [0.15, 0.2) is 0 Å². The normalized spacial score (nSPS) is 24.6. The molecule has 2 amide bonds. The second-order valence-corrected chi connectivity index (χ2v) is 4.74. The number of carbonyl (C=O) groups excluding carboxylic acids is 1. The molecule has 3 nitrogen and oxygen atoms in total. The Hall–Kier alpha value is -0.730. The van der Waals surface area contributed by atoms with Crippen LogP contribution in [-0.4, -0.2) is 43.0 Å². The highest BCUT2D eigenvalue weighted by Gasteiger charge is 2.46. The van der Waals surface area contributed by atoms with Gasteiger partial charge in [-0.2, -0.15) is 0 Å². The predicted molar refractivity (Wildman–Crippen MR) is 51.6 cm³/mol. The lowest BCUT2D eigenvalue weighted by molar-refractivity contribution is 0.0269. The molecule has 2 aliphatic rings. The van der Waals surface area contributed by atoms with Crippen LogP contribution in [0.4, 0.5) is 4.79 Å². The van der Waals surface area contributed by atoms with Gasteiger partial charge >= 0.3 is 6.03 Å². The lowest BCUT2D eigenvalue weighted by atomic mass is 9.78. The molecule has 1 aliphatic heterocycles. The fourth-order valence-corrected chi connectivity index (χ4v) is 2.62. The molecular formula is C10H18N2O. The van der Waals surface area contributed by atoms with E-state index in [0.29, 0.717) is 5.41 Å². The molecule has 1 saturated heterocycles. The molecule has 0 aromatic carbocycles. The lowest BCUT2D eigenvalue weighted by Crippen LogP contribution is -2.59. The molecule has 1 aliphatic carbocycles. The van der Waals surface area contributed by atoms with E-state index in [9.17, 15) is 4.79 Å². The summed E-state index contributed by atoms with van der Waals surface area (Å²) in [5.74, 6) is 0. The van der Waals surface area contributed by atoms with E-state index in [1.807, 2.05) is 19.0 Å². The van der Waals surface area contributed by atoms with Crippen LogP contribution in [0, 0.1) is 5.41 Å². The Morgan fingerprint density at radius 2 is 1.77 bits per heavy atom. The molecule has 0 aromatic heterocycles. The summed E-state index contributed by atoms with van der Waals surface area (Å²) in [6.45, 7) is 2.01. The SMILES string of the molecule is CN(C)C(=O)N1CC2(CCCC2)C1. The summed E-state index contributed by atoms with van der Waals surface area (Å²) in [4.78, 5) is 15.1. The number of nitrogens with zero attached hydrogens (tertiary/aromatic N) is 2. The monoisotopic (exact) mass is 182 g/mol. The minimum atomic E-state index is 0.178. The van der Waals surface area contributed by atoms with Gasteiger partial charge in [-0.3, -0.25) is 0 Å². The van der Waals surface area contributed by atoms with Crippen molar-refractivity contribution in [3.05, 3.63) is 0 Å². The molecule has 1 saturated carbocycles. The summed E-state index contributed by atoms with van der Waals surface area (Å²) in [6.07, 6.45) is 5.41. The van der Waals surface area contributed by atoms with Gasteiger partial charge in [-0.05, 0) is 12.8 Å². The first-order chi connectivity index (χ1) is 6.13. The Morgan fingerprint density at radius 1 is 1.23 bits per heavy atom. The van der Waals surface area contributed by atoms with Crippen molar-refractivity contribution < 1.29 is 4.79 Å². The molecule has 1 heterocycles. The van der Waals surface area contributed by atoms with Crippen molar-refractivity contribution in [1.82, 2.24) is 9.80 Å². The van der Waals surface area contributed by atoms with E-state index in [1.165, 1.54) is 25.7 Å². The Bertz CT molecular complexity index is 211. The van der Waals surface area contributed by atoms with E-state index in [2.05, 4.69) is 0 Å². The van der Waals surface area contributed by atoms with Crippen molar-refractivity contribution in [2.24, 2.45) is 5.41 Å². The fourth-order valence-electron chi connectivity index (χ4n) is 2.62. The Balaban J connectivity index is 1.87. The van der Waals surface area contributed by atoms with E-state index in [1.54, 1.807) is 4.90 Å². The molecule has 0 radical (unpaired) electrons. The van der Waals surface area contributed by atoms with Crippen molar-refractivity contribution in [2.75, 3.05) is 27.2 Å². The number of hydrogen-bond donors (Lipinski definition) is 0. The first kappa shape index (κ1) is 8.85. The van der Waals surface area contributed by atoms with Crippen molar-refractivity contribution in [2.45, 2.75) is 25.7 Å². The summed E-state index contributed by atoms with van der Waals surface area (Å²) >= 11 is 0. The van der Waals surface area contributed by atoms with Gasteiger partial charge in [0.25, 0.3) is 0 Å². The van der Waals surface area contributed by atoms with E-state index in [0.717, 1.165) is 13.1 Å². The molecule has 0 unspecified atom stereocenters. The summed E-state index contributed by atoms with van der Waals surface area (Å²) in [5, 5.41) is 0. The number of carbonyl (C=O) groups is 1. The van der Waals surface area contributed by atoms with E-state index < -0.39 is 0 Å². The smallest absolute Gasteiger partial charge is 0.319 e. The highest BCUT2D eigenvalue weighted by Crippen LogP contribution is 2.45. The number of rotatable bonds is 0. The van der Waals surface area contributed by atoms with E-state index in [-0.39, 0.29) is 6.03 Å². The van der Waals surface area contributed by atoms with Gasteiger partial charge in [-0.25, -0.2) is 4.79 Å². The maximum atomic E-state index is 11.5. The summed E-state index contributed by atoms with van der Waals surface area (Å²) < 4.78 is 0. The molecule has 2 rings (SSSR count). The second-order valence-electron chi connectivity index (χ2n) is 4.74. The summed E-state index contributed by atoms with van der Waals surface area (Å²) in [6, 6.07) is 0.178. The summed E-state index contributed by atoms with van der Waals surface area (Å²) in [5.41, 5.74) is 0.533.